The van der Waals surface area contributed by atoms with Crippen molar-refractivity contribution in [3.63, 3.8) is 0 Å². The van der Waals surface area contributed by atoms with E-state index < -0.39 is 16.4 Å². The summed E-state index contributed by atoms with van der Waals surface area (Å²) >= 11 is 0. The number of amides is 2. The maximum Gasteiger partial charge on any atom is 0.321 e. The summed E-state index contributed by atoms with van der Waals surface area (Å²) < 4.78 is 5.34. The Balaban J connectivity index is 1.25. The zero-order valence-corrected chi connectivity index (χ0v) is 28.8. The smallest absolute Gasteiger partial charge is 0.321 e. The molecule has 0 heterocycles. The molecule has 2 amide bonds. The average Bonchev–Trinajstić information content (AvgIpc) is 3.34. The molecule has 4 saturated carbocycles. The maximum atomic E-state index is 14.8. The Morgan fingerprint density at radius 1 is 0.936 bits per heavy atom. The summed E-state index contributed by atoms with van der Waals surface area (Å²) in [5.74, 6) is 0.789. The van der Waals surface area contributed by atoms with E-state index in [1.54, 1.807) is 12.0 Å². The largest absolute Gasteiger partial charge is 0.393 e. The van der Waals surface area contributed by atoms with Gasteiger partial charge in [0.1, 0.15) is 0 Å². The lowest BCUT2D eigenvalue weighted by Gasteiger charge is -2.71. The number of fused-ring (bicyclic) bond motifs is 1. The third-order valence-corrected chi connectivity index (χ3v) is 14.5. The van der Waals surface area contributed by atoms with Gasteiger partial charge in [-0.1, -0.05) is 69.5 Å². The number of para-hydroxylation sites is 1. The van der Waals surface area contributed by atoms with Crippen molar-refractivity contribution in [3.8, 4) is 0 Å². The van der Waals surface area contributed by atoms with Gasteiger partial charge in [-0.2, -0.15) is 0 Å². The van der Waals surface area contributed by atoms with Gasteiger partial charge in [0.05, 0.1) is 18.2 Å². The molecule has 0 radical (unpaired) electrons. The van der Waals surface area contributed by atoms with Gasteiger partial charge in [-0.15, -0.1) is 0 Å². The number of ether oxygens (including phenoxy) is 1. The van der Waals surface area contributed by atoms with Crippen molar-refractivity contribution >= 4 is 17.5 Å². The van der Waals surface area contributed by atoms with Gasteiger partial charge < -0.3 is 25.2 Å². The van der Waals surface area contributed by atoms with Crippen LogP contribution in [0.4, 0.5) is 10.5 Å². The van der Waals surface area contributed by atoms with E-state index in [1.807, 2.05) is 30.3 Å². The van der Waals surface area contributed by atoms with Crippen LogP contribution < -0.4 is 5.32 Å². The number of rotatable bonds is 9. The fourth-order valence-corrected chi connectivity index (χ4v) is 11.9. The molecular formula is C40H56N2O5. The number of methoxy groups -OCH3 is 1. The molecule has 4 fully saturated rings. The number of aliphatic hydroxyl groups excluding tert-OH is 1. The molecule has 1 unspecified atom stereocenters. The summed E-state index contributed by atoms with van der Waals surface area (Å²) in [6.07, 6.45) is 18.5. The summed E-state index contributed by atoms with van der Waals surface area (Å²) in [4.78, 5) is 30.4. The van der Waals surface area contributed by atoms with Crippen molar-refractivity contribution in [3.05, 3.63) is 54.1 Å². The highest BCUT2D eigenvalue weighted by molar-refractivity contribution is 6.00. The third-order valence-electron chi connectivity index (χ3n) is 14.5. The van der Waals surface area contributed by atoms with Crippen molar-refractivity contribution in [2.75, 3.05) is 32.1 Å². The maximum absolute atomic E-state index is 14.8. The molecule has 256 valence electrons. The molecule has 7 aliphatic carbocycles. The van der Waals surface area contributed by atoms with Crippen molar-refractivity contribution in [1.29, 1.82) is 0 Å². The predicted molar refractivity (Wildman–Crippen MR) is 184 cm³/mol. The van der Waals surface area contributed by atoms with Crippen LogP contribution in [0.1, 0.15) is 97.3 Å². The standard InChI is InChI=1S/C40H56N2O5/c1-36-18-15-30(43)25-38(36)21-22-40(31(26-38)34(44)28-11-6-4-7-12-28)32(36)16-19-37(2)33(40)17-20-39(37,46)27-42(23-10-24-47-3)35(45)41-29-13-8-5-9-14-29/h5,8-9,13-14,21-22,26,28,30,32-33,43,46H,4,6-7,10-12,15-20,23-25,27H2,1-3H3,(H,41,45)/t30?,32-,33-,36-,37+,38+,39-,40-/m1/s1. The molecule has 2 spiro atoms. The van der Waals surface area contributed by atoms with Crippen LogP contribution in [0, 0.1) is 39.4 Å². The number of Topliss-reactive ketones (excluding diaryl/α,β-unsaturated/α-hetero) is 1. The first-order valence-corrected chi connectivity index (χ1v) is 18.5. The fraction of sp³-hybridized carbons (Fsp3) is 0.700. The van der Waals surface area contributed by atoms with E-state index in [0.717, 1.165) is 69.0 Å². The number of hydrogen-bond donors (Lipinski definition) is 3. The number of urea groups is 1. The summed E-state index contributed by atoms with van der Waals surface area (Å²) in [5.41, 5.74) is -0.611. The number of benzene rings is 1. The minimum Gasteiger partial charge on any atom is -0.393 e. The lowest BCUT2D eigenvalue weighted by atomic mass is 9.32. The Morgan fingerprint density at radius 3 is 2.38 bits per heavy atom. The van der Waals surface area contributed by atoms with Gasteiger partial charge in [0.15, 0.2) is 5.78 Å². The van der Waals surface area contributed by atoms with E-state index in [0.29, 0.717) is 44.1 Å². The lowest BCUT2D eigenvalue weighted by molar-refractivity contribution is -0.178. The monoisotopic (exact) mass is 644 g/mol. The van der Waals surface area contributed by atoms with Gasteiger partial charge in [0.25, 0.3) is 0 Å². The first kappa shape index (κ1) is 33.0. The first-order chi connectivity index (χ1) is 22.5. The highest BCUT2D eigenvalue weighted by atomic mass is 16.5. The first-order valence-electron chi connectivity index (χ1n) is 18.5. The zero-order chi connectivity index (χ0) is 33.1. The van der Waals surface area contributed by atoms with Gasteiger partial charge in [0, 0.05) is 53.7 Å². The van der Waals surface area contributed by atoms with E-state index in [9.17, 15) is 19.8 Å². The molecule has 0 aliphatic heterocycles. The molecule has 0 saturated heterocycles. The molecule has 8 rings (SSSR count). The Hall–Kier alpha value is -2.48. The number of aliphatic hydroxyl groups is 2. The molecule has 47 heavy (non-hydrogen) atoms. The van der Waals surface area contributed by atoms with Gasteiger partial charge in [-0.25, -0.2) is 4.79 Å². The lowest BCUT2D eigenvalue weighted by Crippen LogP contribution is -2.67. The SMILES string of the molecule is COCCCN(C[C@]1(O)CC[C@H]2[C@]34C=C[C@@]5(C=C3C(=O)C3CCCCC3)CC(O)CC[C@]5(C)[C@H]4CC[C@@]21C)C(=O)Nc1ccccc1. The van der Waals surface area contributed by atoms with Crippen molar-refractivity contribution in [2.45, 2.75) is 109 Å². The number of ketones is 1. The number of carbonyl (C=O) groups excluding carboxylic acids is 2. The Morgan fingerprint density at radius 2 is 1.64 bits per heavy atom. The van der Waals surface area contributed by atoms with Crippen molar-refractivity contribution in [1.82, 2.24) is 4.90 Å². The van der Waals surface area contributed by atoms with Crippen LogP contribution in [0.25, 0.3) is 0 Å². The van der Waals surface area contributed by atoms with Crippen LogP contribution in [0.2, 0.25) is 0 Å². The summed E-state index contributed by atoms with van der Waals surface area (Å²) in [6.45, 7) is 5.97. The van der Waals surface area contributed by atoms with Crippen LogP contribution in [-0.4, -0.2) is 65.4 Å². The normalized spacial score (nSPS) is 40.6. The minimum absolute atomic E-state index is 0.0406. The van der Waals surface area contributed by atoms with Crippen LogP contribution in [0.15, 0.2) is 54.1 Å². The number of hydrogen-bond acceptors (Lipinski definition) is 5. The van der Waals surface area contributed by atoms with E-state index in [-0.39, 0.29) is 41.3 Å². The molecule has 1 aromatic rings. The Kier molecular flexibility index (Phi) is 8.53. The zero-order valence-electron chi connectivity index (χ0n) is 28.8. The molecule has 7 aliphatic rings. The van der Waals surface area contributed by atoms with Crippen LogP contribution in [0.5, 0.6) is 0 Å². The highest BCUT2D eigenvalue weighted by Gasteiger charge is 2.74. The highest BCUT2D eigenvalue weighted by Crippen LogP contribution is 2.78. The average molecular weight is 645 g/mol. The van der Waals surface area contributed by atoms with Crippen molar-refractivity contribution < 1.29 is 24.5 Å². The van der Waals surface area contributed by atoms with E-state index >= 15 is 0 Å². The van der Waals surface area contributed by atoms with E-state index in [4.69, 9.17) is 4.74 Å². The minimum atomic E-state index is -1.10. The number of anilines is 1. The number of carbonyl (C=O) groups is 2. The second-order valence-corrected chi connectivity index (χ2v) is 16.6. The number of allylic oxidation sites excluding steroid dienone is 4. The molecule has 2 bridgehead atoms. The fourth-order valence-electron chi connectivity index (χ4n) is 11.9. The van der Waals surface area contributed by atoms with Gasteiger partial charge in [0.2, 0.25) is 0 Å². The van der Waals surface area contributed by atoms with E-state index in [2.05, 4.69) is 37.4 Å². The Labute approximate surface area is 281 Å². The number of nitrogens with one attached hydrogen (secondary N) is 1. The van der Waals surface area contributed by atoms with E-state index in [1.165, 1.54) is 6.42 Å². The van der Waals surface area contributed by atoms with Crippen LogP contribution in [-0.2, 0) is 9.53 Å². The molecular weight excluding hydrogens is 588 g/mol. The topological polar surface area (TPSA) is 99.1 Å². The summed E-state index contributed by atoms with van der Waals surface area (Å²) in [5, 5.41) is 26.9. The van der Waals surface area contributed by atoms with Crippen molar-refractivity contribution in [2.24, 2.45) is 39.4 Å². The number of nitrogens with zero attached hydrogens (tertiary/aromatic N) is 1. The molecule has 7 nitrogen and oxygen atoms in total. The van der Waals surface area contributed by atoms with Gasteiger partial charge in [-0.05, 0) is 93.6 Å². The van der Waals surface area contributed by atoms with Crippen LogP contribution in [0.3, 0.4) is 0 Å². The molecule has 0 aromatic heterocycles. The second kappa shape index (κ2) is 12.1. The van der Waals surface area contributed by atoms with Gasteiger partial charge in [-0.3, -0.25) is 4.79 Å². The molecule has 7 heteroatoms. The third kappa shape index (κ3) is 5.00. The Bertz CT molecular complexity index is 1420. The molecule has 1 aromatic carbocycles. The van der Waals surface area contributed by atoms with Gasteiger partial charge >= 0.3 is 6.03 Å². The summed E-state index contributed by atoms with van der Waals surface area (Å²) in [7, 11) is 1.67. The molecule has 8 atom stereocenters. The quantitative estimate of drug-likeness (QED) is 0.194. The summed E-state index contributed by atoms with van der Waals surface area (Å²) in [6, 6.07) is 9.30. The molecule has 3 N–H and O–H groups in total. The second-order valence-electron chi connectivity index (χ2n) is 16.6. The van der Waals surface area contributed by atoms with Crippen LogP contribution >= 0.6 is 0 Å². The predicted octanol–water partition coefficient (Wildman–Crippen LogP) is 7.30.